The summed E-state index contributed by atoms with van der Waals surface area (Å²) in [6.07, 6.45) is 0. The molecular weight excluding hydrogens is 686 g/mol. The second kappa shape index (κ2) is 9.61. The van der Waals surface area contributed by atoms with Gasteiger partial charge in [0.25, 0.3) is 0 Å². The van der Waals surface area contributed by atoms with Crippen LogP contribution < -0.4 is 0 Å². The molecule has 0 atom stereocenters. The lowest BCUT2D eigenvalue weighted by atomic mass is 10.2. The summed E-state index contributed by atoms with van der Waals surface area (Å²) in [6.45, 7) is 1.45. The molecular formula is C14H8Br6F2. The topological polar surface area (TPSA) is 0 Å². The first-order valence-corrected chi connectivity index (χ1v) is 10.4. The van der Waals surface area contributed by atoms with Gasteiger partial charge in [0.15, 0.2) is 5.82 Å². The summed E-state index contributed by atoms with van der Waals surface area (Å²) < 4.78 is 29.5. The van der Waals surface area contributed by atoms with Gasteiger partial charge in [-0.05, 0) is 126 Å². The van der Waals surface area contributed by atoms with Crippen molar-refractivity contribution in [1.29, 1.82) is 0 Å². The number of benzene rings is 2. The summed E-state index contributed by atoms with van der Waals surface area (Å²) in [6, 6.07) is 5.27. The first-order valence-electron chi connectivity index (χ1n) is 5.68. The lowest BCUT2D eigenvalue weighted by Gasteiger charge is -2.03. The molecule has 0 aromatic heterocycles. The van der Waals surface area contributed by atoms with Crippen molar-refractivity contribution in [3.8, 4) is 0 Å². The van der Waals surface area contributed by atoms with Gasteiger partial charge in [0, 0.05) is 17.9 Å². The summed E-state index contributed by atoms with van der Waals surface area (Å²) in [7, 11) is 0. The van der Waals surface area contributed by atoms with Crippen molar-refractivity contribution >= 4 is 95.6 Å². The second-order valence-electron chi connectivity index (χ2n) is 4.09. The van der Waals surface area contributed by atoms with E-state index in [0.717, 1.165) is 23.5 Å². The molecule has 2 aromatic carbocycles. The van der Waals surface area contributed by atoms with Crippen molar-refractivity contribution < 1.29 is 8.78 Å². The smallest absolute Gasteiger partial charge is 0.152 e. The Bertz CT molecular complexity index is 662. The highest BCUT2D eigenvalue weighted by molar-refractivity contribution is 9.14. The summed E-state index contributed by atoms with van der Waals surface area (Å²) in [5, 5.41) is 0. The Labute approximate surface area is 178 Å². The third-order valence-corrected chi connectivity index (χ3v) is 8.87. The van der Waals surface area contributed by atoms with Gasteiger partial charge in [-0.25, -0.2) is 8.78 Å². The molecule has 120 valence electrons. The van der Waals surface area contributed by atoms with E-state index >= 15 is 0 Å². The average Bonchev–Trinajstić information content (AvgIpc) is 2.49. The zero-order valence-corrected chi connectivity index (χ0v) is 20.5. The minimum Gasteiger partial charge on any atom is -0.246 e. The molecule has 0 saturated heterocycles. The molecule has 0 aliphatic carbocycles. The molecule has 22 heavy (non-hydrogen) atoms. The maximum absolute atomic E-state index is 13.0. The Morgan fingerprint density at radius 2 is 1.41 bits per heavy atom. The van der Waals surface area contributed by atoms with Crippen LogP contribution in [0.4, 0.5) is 8.78 Å². The number of alkyl halides is 1. The van der Waals surface area contributed by atoms with E-state index in [0.29, 0.717) is 14.5 Å². The Kier molecular flexibility index (Phi) is 9.27. The number of rotatable bonds is 1. The first-order chi connectivity index (χ1) is 10.2. The van der Waals surface area contributed by atoms with Crippen molar-refractivity contribution in [3.05, 3.63) is 62.0 Å². The van der Waals surface area contributed by atoms with E-state index in [-0.39, 0.29) is 5.82 Å². The largest absolute Gasteiger partial charge is 0.246 e. The van der Waals surface area contributed by atoms with Gasteiger partial charge in [0.05, 0.1) is 8.95 Å². The molecule has 0 spiro atoms. The van der Waals surface area contributed by atoms with E-state index in [1.165, 1.54) is 0 Å². The van der Waals surface area contributed by atoms with Crippen molar-refractivity contribution in [1.82, 2.24) is 0 Å². The molecule has 0 amide bonds. The van der Waals surface area contributed by atoms with Gasteiger partial charge >= 0.3 is 0 Å². The molecule has 0 bridgehead atoms. The van der Waals surface area contributed by atoms with Gasteiger partial charge in [-0.3, -0.25) is 0 Å². The third-order valence-electron chi connectivity index (χ3n) is 2.54. The van der Waals surface area contributed by atoms with Crippen molar-refractivity contribution in [2.45, 2.75) is 13.6 Å². The Hall–Kier alpha value is 1.18. The van der Waals surface area contributed by atoms with Crippen LogP contribution in [-0.2, 0) is 6.67 Å². The predicted octanol–water partition coefficient (Wildman–Crippen LogP) is 8.87. The molecule has 0 unspecified atom stereocenters. The monoisotopic (exact) mass is 688 g/mol. The molecule has 0 aliphatic heterocycles. The Morgan fingerprint density at radius 1 is 0.818 bits per heavy atom. The SMILES string of the molecule is Cc1cc(Br)c(F)c(Br)c1Br.FCc1ccc(Br)c(Br)c1Br. The minimum absolute atomic E-state index is 0.275. The van der Waals surface area contributed by atoms with Crippen LogP contribution in [0.1, 0.15) is 11.1 Å². The van der Waals surface area contributed by atoms with Crippen LogP contribution >= 0.6 is 95.6 Å². The molecule has 0 fully saturated rings. The molecule has 0 nitrogen and oxygen atoms in total. The van der Waals surface area contributed by atoms with E-state index < -0.39 is 6.67 Å². The molecule has 2 rings (SSSR count). The summed E-state index contributed by atoms with van der Waals surface area (Å²) in [4.78, 5) is 0. The van der Waals surface area contributed by atoms with Crippen LogP contribution in [-0.4, -0.2) is 0 Å². The molecule has 0 saturated carbocycles. The van der Waals surface area contributed by atoms with Gasteiger partial charge in [-0.15, -0.1) is 0 Å². The van der Waals surface area contributed by atoms with Crippen LogP contribution in [0.3, 0.4) is 0 Å². The van der Waals surface area contributed by atoms with Gasteiger partial charge in [-0.2, -0.15) is 0 Å². The third kappa shape index (κ3) is 5.34. The van der Waals surface area contributed by atoms with E-state index in [1.807, 2.05) is 13.0 Å². The zero-order valence-electron chi connectivity index (χ0n) is 11.0. The predicted molar refractivity (Wildman–Crippen MR) is 109 cm³/mol. The molecule has 0 N–H and O–H groups in total. The van der Waals surface area contributed by atoms with Gasteiger partial charge in [-0.1, -0.05) is 6.07 Å². The summed E-state index contributed by atoms with van der Waals surface area (Å²) in [5.74, 6) is -0.275. The Morgan fingerprint density at radius 3 is 1.95 bits per heavy atom. The molecule has 0 aliphatic rings. The lowest BCUT2D eigenvalue weighted by Crippen LogP contribution is -1.85. The quantitative estimate of drug-likeness (QED) is 0.207. The van der Waals surface area contributed by atoms with Crippen LogP contribution in [0.25, 0.3) is 0 Å². The van der Waals surface area contributed by atoms with Gasteiger partial charge in [0.1, 0.15) is 6.67 Å². The number of aryl methyl sites for hydroxylation is 1. The minimum atomic E-state index is -0.452. The van der Waals surface area contributed by atoms with E-state index in [9.17, 15) is 8.78 Å². The van der Waals surface area contributed by atoms with E-state index in [1.54, 1.807) is 12.1 Å². The van der Waals surface area contributed by atoms with Gasteiger partial charge < -0.3 is 0 Å². The van der Waals surface area contributed by atoms with Crippen LogP contribution in [0.5, 0.6) is 0 Å². The van der Waals surface area contributed by atoms with Crippen molar-refractivity contribution in [2.24, 2.45) is 0 Å². The standard InChI is InChI=1S/2C7H4Br3F/c1-3-2-4(8)7(11)6(10)5(3)9;8-5-2-1-4(3-11)6(9)7(5)10/h2H,1H3;1-2H,3H2. The summed E-state index contributed by atoms with van der Waals surface area (Å²) in [5.41, 5.74) is 1.64. The highest BCUT2D eigenvalue weighted by Crippen LogP contribution is 2.34. The molecule has 8 heteroatoms. The first kappa shape index (κ1) is 21.2. The average molecular weight is 694 g/mol. The maximum atomic E-state index is 13.0. The highest BCUT2D eigenvalue weighted by Gasteiger charge is 2.10. The normalized spacial score (nSPS) is 10.2. The summed E-state index contributed by atoms with van der Waals surface area (Å²) >= 11 is 19.4. The van der Waals surface area contributed by atoms with Crippen molar-refractivity contribution in [3.63, 3.8) is 0 Å². The van der Waals surface area contributed by atoms with Gasteiger partial charge in [0.2, 0.25) is 0 Å². The van der Waals surface area contributed by atoms with Crippen LogP contribution in [0, 0.1) is 12.7 Å². The fourth-order valence-corrected chi connectivity index (χ4v) is 4.42. The molecule has 0 radical (unpaired) electrons. The highest BCUT2D eigenvalue weighted by atomic mass is 79.9. The number of hydrogen-bond acceptors (Lipinski definition) is 0. The Balaban J connectivity index is 0.000000220. The fraction of sp³-hybridized carbons (Fsp3) is 0.143. The number of hydrogen-bond donors (Lipinski definition) is 0. The molecule has 0 heterocycles. The second-order valence-corrected chi connectivity index (χ2v) is 8.97. The fourth-order valence-electron chi connectivity index (χ4n) is 1.36. The number of halogens is 8. The maximum Gasteiger partial charge on any atom is 0.152 e. The van der Waals surface area contributed by atoms with Crippen molar-refractivity contribution in [2.75, 3.05) is 0 Å². The molecule has 2 aromatic rings. The van der Waals surface area contributed by atoms with Crippen LogP contribution in [0.2, 0.25) is 0 Å². The van der Waals surface area contributed by atoms with E-state index in [2.05, 4.69) is 95.6 Å². The van der Waals surface area contributed by atoms with E-state index in [4.69, 9.17) is 0 Å². The van der Waals surface area contributed by atoms with Crippen LogP contribution in [0.15, 0.2) is 45.0 Å². The lowest BCUT2D eigenvalue weighted by molar-refractivity contribution is 0.483. The zero-order chi connectivity index (χ0) is 17.0.